The Morgan fingerprint density at radius 2 is 2.27 bits per heavy atom. The van der Waals surface area contributed by atoms with E-state index in [2.05, 4.69) is 21.6 Å². The summed E-state index contributed by atoms with van der Waals surface area (Å²) in [7, 11) is 1.68. The number of hydrogen-bond donors (Lipinski definition) is 0. The highest BCUT2D eigenvalue weighted by molar-refractivity contribution is 7.23. The molecule has 0 aliphatic rings. The molecular weight excluding hydrogens is 208 g/mol. The minimum atomic E-state index is 0.892. The molecule has 0 saturated heterocycles. The number of aryl methyl sites for hydroxylation is 1. The second-order valence-corrected chi connectivity index (χ2v) is 4.48. The largest absolute Gasteiger partial charge is 0.497 e. The van der Waals surface area contributed by atoms with Gasteiger partial charge in [-0.2, -0.15) is 0 Å². The average Bonchev–Trinajstić information content (AvgIpc) is 2.72. The molecule has 0 fully saturated rings. The van der Waals surface area contributed by atoms with Crippen LogP contribution in [0.5, 0.6) is 5.75 Å². The SMILES string of the molecule is COc1ccc2c(c1)sc1nc(C)cn12. The van der Waals surface area contributed by atoms with E-state index in [9.17, 15) is 0 Å². The molecule has 3 nitrogen and oxygen atoms in total. The topological polar surface area (TPSA) is 26.5 Å². The van der Waals surface area contributed by atoms with Gasteiger partial charge in [-0.15, -0.1) is 0 Å². The predicted octanol–water partition coefficient (Wildman–Crippen LogP) is 2.87. The number of imidazole rings is 1. The molecule has 15 heavy (non-hydrogen) atoms. The first-order valence-electron chi connectivity index (χ1n) is 4.70. The molecule has 3 aromatic rings. The highest BCUT2D eigenvalue weighted by Gasteiger charge is 2.07. The highest BCUT2D eigenvalue weighted by Crippen LogP contribution is 2.29. The lowest BCUT2D eigenvalue weighted by atomic mass is 10.3. The first-order valence-corrected chi connectivity index (χ1v) is 5.52. The van der Waals surface area contributed by atoms with Crippen LogP contribution in [0, 0.1) is 6.92 Å². The number of aromatic nitrogens is 2. The van der Waals surface area contributed by atoms with Crippen LogP contribution in [0.1, 0.15) is 5.69 Å². The Hall–Kier alpha value is -1.55. The molecule has 0 radical (unpaired) electrons. The number of methoxy groups -OCH3 is 1. The van der Waals surface area contributed by atoms with Crippen LogP contribution in [-0.2, 0) is 0 Å². The zero-order valence-electron chi connectivity index (χ0n) is 8.52. The van der Waals surface area contributed by atoms with Crippen molar-refractivity contribution in [2.45, 2.75) is 6.92 Å². The summed E-state index contributed by atoms with van der Waals surface area (Å²) in [6.45, 7) is 2.01. The maximum Gasteiger partial charge on any atom is 0.194 e. The van der Waals surface area contributed by atoms with Crippen LogP contribution in [0.25, 0.3) is 15.2 Å². The monoisotopic (exact) mass is 218 g/mol. The first kappa shape index (κ1) is 8.73. The number of fused-ring (bicyclic) bond motifs is 3. The summed E-state index contributed by atoms with van der Waals surface area (Å²) < 4.78 is 8.52. The maximum absolute atomic E-state index is 5.20. The molecule has 0 saturated carbocycles. The molecule has 0 amide bonds. The third kappa shape index (κ3) is 1.22. The molecular formula is C11H10N2OS. The van der Waals surface area contributed by atoms with Gasteiger partial charge in [-0.25, -0.2) is 4.98 Å². The summed E-state index contributed by atoms with van der Waals surface area (Å²) in [5, 5.41) is 0. The van der Waals surface area contributed by atoms with Crippen molar-refractivity contribution in [3.05, 3.63) is 30.1 Å². The molecule has 0 aliphatic carbocycles. The molecule has 0 unspecified atom stereocenters. The van der Waals surface area contributed by atoms with Gasteiger partial charge < -0.3 is 4.74 Å². The van der Waals surface area contributed by atoms with Crippen molar-refractivity contribution in [3.63, 3.8) is 0 Å². The van der Waals surface area contributed by atoms with E-state index in [4.69, 9.17) is 4.74 Å². The normalized spacial score (nSPS) is 11.3. The fourth-order valence-corrected chi connectivity index (χ4v) is 2.80. The molecule has 4 heteroatoms. The molecule has 0 spiro atoms. The van der Waals surface area contributed by atoms with Crippen molar-refractivity contribution in [1.82, 2.24) is 9.38 Å². The van der Waals surface area contributed by atoms with E-state index < -0.39 is 0 Å². The van der Waals surface area contributed by atoms with Gasteiger partial charge in [0.05, 0.1) is 23.0 Å². The van der Waals surface area contributed by atoms with Crippen LogP contribution in [-0.4, -0.2) is 16.5 Å². The smallest absolute Gasteiger partial charge is 0.194 e. The van der Waals surface area contributed by atoms with E-state index >= 15 is 0 Å². The summed E-state index contributed by atoms with van der Waals surface area (Å²) in [5.74, 6) is 0.892. The number of benzene rings is 1. The second kappa shape index (κ2) is 2.97. The molecule has 3 rings (SSSR count). The summed E-state index contributed by atoms with van der Waals surface area (Å²) in [6, 6.07) is 6.09. The summed E-state index contributed by atoms with van der Waals surface area (Å²) in [5.41, 5.74) is 2.25. The number of thiazole rings is 1. The van der Waals surface area contributed by atoms with Crippen molar-refractivity contribution >= 4 is 26.5 Å². The number of rotatable bonds is 1. The van der Waals surface area contributed by atoms with Crippen molar-refractivity contribution in [3.8, 4) is 5.75 Å². The van der Waals surface area contributed by atoms with Crippen molar-refractivity contribution in [1.29, 1.82) is 0 Å². The van der Waals surface area contributed by atoms with Crippen LogP contribution >= 0.6 is 11.3 Å². The fourth-order valence-electron chi connectivity index (χ4n) is 1.72. The predicted molar refractivity (Wildman–Crippen MR) is 61.9 cm³/mol. The quantitative estimate of drug-likeness (QED) is 0.628. The maximum atomic E-state index is 5.20. The summed E-state index contributed by atoms with van der Waals surface area (Å²) >= 11 is 1.68. The standard InChI is InChI=1S/C11H10N2OS/c1-7-6-13-9-4-3-8(14-2)5-10(9)15-11(13)12-7/h3-6H,1-2H3. The van der Waals surface area contributed by atoms with Crippen LogP contribution in [0.3, 0.4) is 0 Å². The van der Waals surface area contributed by atoms with Gasteiger partial charge in [0.25, 0.3) is 0 Å². The fraction of sp³-hybridized carbons (Fsp3) is 0.182. The van der Waals surface area contributed by atoms with Crippen molar-refractivity contribution in [2.24, 2.45) is 0 Å². The van der Waals surface area contributed by atoms with Gasteiger partial charge in [-0.1, -0.05) is 11.3 Å². The molecule has 2 aromatic heterocycles. The van der Waals surface area contributed by atoms with Gasteiger partial charge in [0.1, 0.15) is 5.75 Å². The third-order valence-electron chi connectivity index (χ3n) is 2.42. The Morgan fingerprint density at radius 1 is 1.40 bits per heavy atom. The molecule has 0 bridgehead atoms. The lowest BCUT2D eigenvalue weighted by Crippen LogP contribution is -1.82. The lowest BCUT2D eigenvalue weighted by Gasteiger charge is -1.97. The van der Waals surface area contributed by atoms with Gasteiger partial charge >= 0.3 is 0 Å². The van der Waals surface area contributed by atoms with E-state index in [0.717, 1.165) is 16.4 Å². The number of hydrogen-bond acceptors (Lipinski definition) is 3. The van der Waals surface area contributed by atoms with E-state index in [1.54, 1.807) is 18.4 Å². The Kier molecular flexibility index (Phi) is 1.73. The summed E-state index contributed by atoms with van der Waals surface area (Å²) in [6.07, 6.45) is 2.06. The Bertz CT molecular complexity index is 638. The third-order valence-corrected chi connectivity index (χ3v) is 3.44. The minimum Gasteiger partial charge on any atom is -0.497 e. The Balaban J connectivity index is 2.40. The van der Waals surface area contributed by atoms with Crippen molar-refractivity contribution in [2.75, 3.05) is 7.11 Å². The van der Waals surface area contributed by atoms with Crippen LogP contribution < -0.4 is 4.74 Å². The second-order valence-electron chi connectivity index (χ2n) is 3.47. The van der Waals surface area contributed by atoms with Gasteiger partial charge in [0, 0.05) is 6.20 Å². The van der Waals surface area contributed by atoms with E-state index in [1.807, 2.05) is 19.1 Å². The molecule has 1 aromatic carbocycles. The van der Waals surface area contributed by atoms with Crippen LogP contribution in [0.2, 0.25) is 0 Å². The van der Waals surface area contributed by atoms with Gasteiger partial charge in [0.15, 0.2) is 4.96 Å². The zero-order valence-corrected chi connectivity index (χ0v) is 9.34. The van der Waals surface area contributed by atoms with E-state index in [0.29, 0.717) is 0 Å². The van der Waals surface area contributed by atoms with Gasteiger partial charge in [-0.05, 0) is 25.1 Å². The summed E-state index contributed by atoms with van der Waals surface area (Å²) in [4.78, 5) is 5.48. The Morgan fingerprint density at radius 3 is 3.07 bits per heavy atom. The van der Waals surface area contributed by atoms with Crippen LogP contribution in [0.4, 0.5) is 0 Å². The molecule has 2 heterocycles. The lowest BCUT2D eigenvalue weighted by molar-refractivity contribution is 0.415. The van der Waals surface area contributed by atoms with Gasteiger partial charge in [0.2, 0.25) is 0 Å². The number of nitrogens with zero attached hydrogens (tertiary/aromatic N) is 2. The minimum absolute atomic E-state index is 0.892. The molecule has 76 valence electrons. The molecule has 0 N–H and O–H groups in total. The van der Waals surface area contributed by atoms with Crippen LogP contribution in [0.15, 0.2) is 24.4 Å². The molecule has 0 aliphatic heterocycles. The average molecular weight is 218 g/mol. The van der Waals surface area contributed by atoms with E-state index in [-0.39, 0.29) is 0 Å². The van der Waals surface area contributed by atoms with Crippen molar-refractivity contribution < 1.29 is 4.74 Å². The molecule has 0 atom stereocenters. The number of ether oxygens (including phenoxy) is 1. The first-order chi connectivity index (χ1) is 7.28. The Labute approximate surface area is 90.9 Å². The van der Waals surface area contributed by atoms with Gasteiger partial charge in [-0.3, -0.25) is 4.40 Å². The zero-order chi connectivity index (χ0) is 10.4. The van der Waals surface area contributed by atoms with E-state index in [1.165, 1.54) is 10.2 Å². The highest BCUT2D eigenvalue weighted by atomic mass is 32.1.